The summed E-state index contributed by atoms with van der Waals surface area (Å²) in [5.41, 5.74) is 4.27. The summed E-state index contributed by atoms with van der Waals surface area (Å²) in [5.74, 6) is 1.03. The Labute approximate surface area is 148 Å². The molecule has 0 unspecified atom stereocenters. The monoisotopic (exact) mass is 357 g/mol. The number of H-pyrrole nitrogens is 1. The molecule has 128 valence electrons. The Morgan fingerprint density at radius 3 is 2.84 bits per heavy atom. The van der Waals surface area contributed by atoms with Crippen LogP contribution in [0, 0.1) is 10.6 Å². The zero-order chi connectivity index (χ0) is 17.6. The highest BCUT2D eigenvalue weighted by atomic mass is 32.1. The van der Waals surface area contributed by atoms with Crippen LogP contribution >= 0.6 is 12.2 Å². The van der Waals surface area contributed by atoms with Crippen molar-refractivity contribution in [3.05, 3.63) is 64.7 Å². The number of aromatic nitrogens is 3. The van der Waals surface area contributed by atoms with E-state index in [1.54, 1.807) is 12.1 Å². The van der Waals surface area contributed by atoms with Crippen LogP contribution in [0.25, 0.3) is 11.4 Å². The first-order valence-corrected chi connectivity index (χ1v) is 8.03. The van der Waals surface area contributed by atoms with Crippen molar-refractivity contribution in [3.63, 3.8) is 0 Å². The molecule has 0 fully saturated rings. The fourth-order valence-electron chi connectivity index (χ4n) is 2.20. The summed E-state index contributed by atoms with van der Waals surface area (Å²) in [6.07, 6.45) is 1.50. The largest absolute Gasteiger partial charge is 0.494 e. The third kappa shape index (κ3) is 4.10. The summed E-state index contributed by atoms with van der Waals surface area (Å²) >= 11 is 5.21. The molecule has 0 radical (unpaired) electrons. The Hall–Kier alpha value is -3.00. The first-order chi connectivity index (χ1) is 12.2. The van der Waals surface area contributed by atoms with Crippen molar-refractivity contribution in [2.24, 2.45) is 5.10 Å². The molecule has 0 spiro atoms. The van der Waals surface area contributed by atoms with Crippen LogP contribution in [-0.2, 0) is 0 Å². The van der Waals surface area contributed by atoms with Gasteiger partial charge in [-0.1, -0.05) is 12.1 Å². The van der Waals surface area contributed by atoms with Gasteiger partial charge >= 0.3 is 0 Å². The SMILES string of the molecule is CCOc1ccc(-c2n[nH]c(=S)n2NN=Cc2cccc(F)c2)cc1. The molecule has 0 atom stereocenters. The van der Waals surface area contributed by atoms with Crippen LogP contribution in [0.2, 0.25) is 0 Å². The van der Waals surface area contributed by atoms with E-state index in [1.165, 1.54) is 23.0 Å². The van der Waals surface area contributed by atoms with Crippen molar-refractivity contribution in [1.29, 1.82) is 0 Å². The molecule has 25 heavy (non-hydrogen) atoms. The Bertz CT molecular complexity index is 933. The Balaban J connectivity index is 1.81. The summed E-state index contributed by atoms with van der Waals surface area (Å²) in [4.78, 5) is 0. The molecule has 1 heterocycles. The van der Waals surface area contributed by atoms with Crippen LogP contribution < -0.4 is 10.3 Å². The van der Waals surface area contributed by atoms with Gasteiger partial charge in [0.15, 0.2) is 5.82 Å². The maximum absolute atomic E-state index is 13.2. The summed E-state index contributed by atoms with van der Waals surface area (Å²) in [6.45, 7) is 2.54. The molecule has 6 nitrogen and oxygen atoms in total. The van der Waals surface area contributed by atoms with E-state index in [-0.39, 0.29) is 5.82 Å². The van der Waals surface area contributed by atoms with E-state index < -0.39 is 0 Å². The number of nitrogens with zero attached hydrogens (tertiary/aromatic N) is 3. The van der Waals surface area contributed by atoms with Gasteiger partial charge in [0, 0.05) is 5.56 Å². The normalized spacial score (nSPS) is 11.0. The molecule has 3 aromatic rings. The van der Waals surface area contributed by atoms with E-state index in [0.29, 0.717) is 22.8 Å². The van der Waals surface area contributed by atoms with Crippen molar-refractivity contribution < 1.29 is 9.13 Å². The quantitative estimate of drug-likeness (QED) is 0.401. The maximum Gasteiger partial charge on any atom is 0.216 e. The average molecular weight is 357 g/mol. The summed E-state index contributed by atoms with van der Waals surface area (Å²) < 4.78 is 20.5. The third-order valence-corrected chi connectivity index (χ3v) is 3.59. The van der Waals surface area contributed by atoms with Gasteiger partial charge in [-0.2, -0.15) is 14.9 Å². The topological polar surface area (TPSA) is 67.2 Å². The second-order valence-electron chi connectivity index (χ2n) is 5.06. The smallest absolute Gasteiger partial charge is 0.216 e. The number of aromatic amines is 1. The third-order valence-electron chi connectivity index (χ3n) is 3.32. The zero-order valence-corrected chi connectivity index (χ0v) is 14.3. The van der Waals surface area contributed by atoms with E-state index in [0.717, 1.165) is 11.3 Å². The van der Waals surface area contributed by atoms with Crippen molar-refractivity contribution in [2.45, 2.75) is 6.92 Å². The minimum Gasteiger partial charge on any atom is -0.494 e. The molecule has 1 aromatic heterocycles. The van der Waals surface area contributed by atoms with Gasteiger partial charge in [-0.05, 0) is 61.1 Å². The summed E-state index contributed by atoms with van der Waals surface area (Å²) in [5, 5.41) is 11.0. The molecular formula is C17H16FN5OS. The predicted molar refractivity (Wildman–Crippen MR) is 97.4 cm³/mol. The van der Waals surface area contributed by atoms with Crippen molar-refractivity contribution >= 4 is 18.4 Å². The predicted octanol–water partition coefficient (Wildman–Crippen LogP) is 3.72. The molecule has 0 saturated carbocycles. The fourth-order valence-corrected chi connectivity index (χ4v) is 2.37. The highest BCUT2D eigenvalue weighted by Crippen LogP contribution is 2.20. The highest BCUT2D eigenvalue weighted by Gasteiger charge is 2.08. The van der Waals surface area contributed by atoms with E-state index in [2.05, 4.69) is 20.8 Å². The van der Waals surface area contributed by atoms with Gasteiger partial charge in [0.2, 0.25) is 4.77 Å². The molecule has 0 aliphatic rings. The number of hydrazone groups is 1. The number of hydrogen-bond acceptors (Lipinski definition) is 5. The van der Waals surface area contributed by atoms with Gasteiger partial charge in [-0.3, -0.25) is 0 Å². The number of nitrogens with one attached hydrogen (secondary N) is 2. The van der Waals surface area contributed by atoms with Gasteiger partial charge in [-0.15, -0.1) is 0 Å². The van der Waals surface area contributed by atoms with Crippen molar-refractivity contribution in [2.75, 3.05) is 12.1 Å². The lowest BCUT2D eigenvalue weighted by Crippen LogP contribution is -2.10. The lowest BCUT2D eigenvalue weighted by molar-refractivity contribution is 0.340. The van der Waals surface area contributed by atoms with E-state index in [4.69, 9.17) is 17.0 Å². The van der Waals surface area contributed by atoms with Gasteiger partial charge in [0.05, 0.1) is 12.8 Å². The van der Waals surface area contributed by atoms with Crippen LogP contribution in [0.4, 0.5) is 4.39 Å². The molecule has 2 N–H and O–H groups in total. The number of rotatable bonds is 6. The molecular weight excluding hydrogens is 341 g/mol. The number of benzene rings is 2. The molecule has 0 bridgehead atoms. The lowest BCUT2D eigenvalue weighted by atomic mass is 10.2. The second kappa shape index (κ2) is 7.71. The van der Waals surface area contributed by atoms with Crippen LogP contribution in [0.1, 0.15) is 12.5 Å². The second-order valence-corrected chi connectivity index (χ2v) is 5.45. The Kier molecular flexibility index (Phi) is 5.20. The molecule has 0 aliphatic heterocycles. The van der Waals surface area contributed by atoms with Crippen LogP contribution in [-0.4, -0.2) is 27.7 Å². The average Bonchev–Trinajstić information content (AvgIpc) is 2.97. The number of hydrogen-bond donors (Lipinski definition) is 2. The molecule has 0 aliphatic carbocycles. The fraction of sp³-hybridized carbons (Fsp3) is 0.118. The minimum absolute atomic E-state index is 0.320. The molecule has 0 amide bonds. The Morgan fingerprint density at radius 1 is 1.32 bits per heavy atom. The summed E-state index contributed by atoms with van der Waals surface area (Å²) in [7, 11) is 0. The molecule has 3 rings (SSSR count). The standard InChI is InChI=1S/C17H16FN5OS/c1-2-24-15-8-6-13(7-9-15)16-20-21-17(25)23(16)22-19-11-12-4-3-5-14(18)10-12/h3-11,22H,2H2,1H3,(H,21,25). The van der Waals surface area contributed by atoms with Crippen LogP contribution in [0.5, 0.6) is 5.75 Å². The summed E-state index contributed by atoms with van der Waals surface area (Å²) in [6, 6.07) is 13.6. The molecule has 2 aromatic carbocycles. The maximum atomic E-state index is 13.2. The van der Waals surface area contributed by atoms with Gasteiger partial charge in [-0.25, -0.2) is 15.0 Å². The van der Waals surface area contributed by atoms with E-state index in [1.807, 2.05) is 31.2 Å². The minimum atomic E-state index is -0.320. The molecule has 8 heteroatoms. The first kappa shape index (κ1) is 16.8. The molecule has 0 saturated heterocycles. The lowest BCUT2D eigenvalue weighted by Gasteiger charge is -2.07. The first-order valence-electron chi connectivity index (χ1n) is 7.62. The number of ether oxygens (including phenoxy) is 1. The van der Waals surface area contributed by atoms with E-state index in [9.17, 15) is 4.39 Å². The van der Waals surface area contributed by atoms with Gasteiger partial charge in [0.1, 0.15) is 11.6 Å². The van der Waals surface area contributed by atoms with E-state index >= 15 is 0 Å². The Morgan fingerprint density at radius 2 is 2.12 bits per heavy atom. The highest BCUT2D eigenvalue weighted by molar-refractivity contribution is 7.71. The van der Waals surface area contributed by atoms with Crippen molar-refractivity contribution in [1.82, 2.24) is 14.9 Å². The van der Waals surface area contributed by atoms with Gasteiger partial charge in [0.25, 0.3) is 0 Å². The van der Waals surface area contributed by atoms with Crippen LogP contribution in [0.15, 0.2) is 53.6 Å². The zero-order valence-electron chi connectivity index (χ0n) is 13.4. The number of halogens is 1. The van der Waals surface area contributed by atoms with Crippen molar-refractivity contribution in [3.8, 4) is 17.1 Å². The van der Waals surface area contributed by atoms with Crippen LogP contribution in [0.3, 0.4) is 0 Å². The van der Waals surface area contributed by atoms with Gasteiger partial charge < -0.3 is 4.74 Å².